The zero-order valence-corrected chi connectivity index (χ0v) is 11.3. The minimum atomic E-state index is -0.238. The molecule has 0 fully saturated rings. The van der Waals surface area contributed by atoms with E-state index < -0.39 is 0 Å². The molecule has 0 atom stereocenters. The molecule has 1 aromatic rings. The molecule has 2 amide bonds. The summed E-state index contributed by atoms with van der Waals surface area (Å²) in [7, 11) is 0. The molecule has 0 saturated heterocycles. The average molecular weight is 248 g/mol. The van der Waals surface area contributed by atoms with Crippen LogP contribution in [-0.4, -0.2) is 17.4 Å². The Labute approximate surface area is 108 Å². The van der Waals surface area contributed by atoms with Gasteiger partial charge in [0.15, 0.2) is 5.78 Å². The Morgan fingerprint density at radius 1 is 1.17 bits per heavy atom. The van der Waals surface area contributed by atoms with E-state index in [4.69, 9.17) is 0 Å². The zero-order valence-electron chi connectivity index (χ0n) is 11.3. The number of benzene rings is 1. The number of Topliss-reactive ketones (excluding diaryl/α,β-unsaturated/α-hetero) is 1. The first-order chi connectivity index (χ1) is 8.34. The first kappa shape index (κ1) is 14.2. The summed E-state index contributed by atoms with van der Waals surface area (Å²) in [6.07, 6.45) is 0.851. The number of rotatable bonds is 4. The molecule has 0 spiro atoms. The van der Waals surface area contributed by atoms with Crippen molar-refractivity contribution in [2.24, 2.45) is 0 Å². The standard InChI is InChI=1S/C14H20N2O2/c1-5-14(3,4)16-13(18)15-12-8-6-11(7-9-12)10(2)17/h6-9H,5H2,1-4H3,(H2,15,16,18). The summed E-state index contributed by atoms with van der Waals surface area (Å²) < 4.78 is 0. The summed E-state index contributed by atoms with van der Waals surface area (Å²) >= 11 is 0. The Hall–Kier alpha value is -1.84. The van der Waals surface area contributed by atoms with Crippen LogP contribution in [-0.2, 0) is 0 Å². The van der Waals surface area contributed by atoms with E-state index in [2.05, 4.69) is 10.6 Å². The Balaban J connectivity index is 2.63. The number of ketones is 1. The highest BCUT2D eigenvalue weighted by Gasteiger charge is 2.17. The van der Waals surface area contributed by atoms with Crippen LogP contribution in [0.25, 0.3) is 0 Å². The van der Waals surface area contributed by atoms with Gasteiger partial charge in [0.2, 0.25) is 0 Å². The van der Waals surface area contributed by atoms with Crippen molar-refractivity contribution in [1.29, 1.82) is 0 Å². The van der Waals surface area contributed by atoms with Crippen LogP contribution in [0.5, 0.6) is 0 Å². The Morgan fingerprint density at radius 3 is 2.17 bits per heavy atom. The predicted molar refractivity (Wildman–Crippen MR) is 73.0 cm³/mol. The van der Waals surface area contributed by atoms with Gasteiger partial charge in [0, 0.05) is 16.8 Å². The van der Waals surface area contributed by atoms with Crippen LogP contribution in [0.15, 0.2) is 24.3 Å². The molecule has 0 aromatic heterocycles. The summed E-state index contributed by atoms with van der Waals surface area (Å²) in [5, 5.41) is 5.61. The maximum absolute atomic E-state index is 11.7. The van der Waals surface area contributed by atoms with E-state index >= 15 is 0 Å². The monoisotopic (exact) mass is 248 g/mol. The molecule has 0 heterocycles. The molecule has 1 rings (SSSR count). The lowest BCUT2D eigenvalue weighted by atomic mass is 10.0. The predicted octanol–water partition coefficient (Wildman–Crippen LogP) is 3.20. The van der Waals surface area contributed by atoms with Gasteiger partial charge in [-0.15, -0.1) is 0 Å². The van der Waals surface area contributed by atoms with Gasteiger partial charge in [-0.2, -0.15) is 0 Å². The van der Waals surface area contributed by atoms with Crippen LogP contribution < -0.4 is 10.6 Å². The SMILES string of the molecule is CCC(C)(C)NC(=O)Nc1ccc(C(C)=O)cc1. The molecule has 18 heavy (non-hydrogen) atoms. The summed E-state index contributed by atoms with van der Waals surface area (Å²) in [5.41, 5.74) is 1.07. The van der Waals surface area contributed by atoms with Gasteiger partial charge in [0.1, 0.15) is 0 Å². The average Bonchev–Trinajstić information content (AvgIpc) is 2.29. The maximum Gasteiger partial charge on any atom is 0.319 e. The summed E-state index contributed by atoms with van der Waals surface area (Å²) in [5.74, 6) is 0.0121. The maximum atomic E-state index is 11.7. The van der Waals surface area contributed by atoms with Gasteiger partial charge in [-0.3, -0.25) is 4.79 Å². The van der Waals surface area contributed by atoms with Gasteiger partial charge >= 0.3 is 6.03 Å². The number of urea groups is 1. The minimum absolute atomic E-state index is 0.0121. The molecule has 0 aliphatic carbocycles. The number of carbonyl (C=O) groups excluding carboxylic acids is 2. The van der Waals surface area contributed by atoms with Crippen LogP contribution in [0, 0.1) is 0 Å². The molecule has 0 bridgehead atoms. The molecule has 4 nitrogen and oxygen atoms in total. The number of hydrogen-bond acceptors (Lipinski definition) is 2. The first-order valence-electron chi connectivity index (χ1n) is 6.04. The van der Waals surface area contributed by atoms with E-state index in [-0.39, 0.29) is 17.4 Å². The quantitative estimate of drug-likeness (QED) is 0.804. The second-order valence-corrected chi connectivity index (χ2v) is 4.95. The van der Waals surface area contributed by atoms with Crippen molar-refractivity contribution in [1.82, 2.24) is 5.32 Å². The number of nitrogens with one attached hydrogen (secondary N) is 2. The van der Waals surface area contributed by atoms with Gasteiger partial charge in [-0.1, -0.05) is 6.92 Å². The number of amides is 2. The number of anilines is 1. The lowest BCUT2D eigenvalue weighted by Gasteiger charge is -2.24. The zero-order chi connectivity index (χ0) is 13.8. The normalized spacial score (nSPS) is 10.9. The molecule has 1 aromatic carbocycles. The van der Waals surface area contributed by atoms with E-state index in [1.807, 2.05) is 20.8 Å². The second-order valence-electron chi connectivity index (χ2n) is 4.95. The van der Waals surface area contributed by atoms with Crippen molar-refractivity contribution in [3.63, 3.8) is 0 Å². The fourth-order valence-corrected chi connectivity index (χ4v) is 1.35. The molecule has 98 valence electrons. The highest BCUT2D eigenvalue weighted by Crippen LogP contribution is 2.11. The van der Waals surface area contributed by atoms with Gasteiger partial charge in [0.05, 0.1) is 0 Å². The lowest BCUT2D eigenvalue weighted by molar-refractivity contribution is 0.101. The fourth-order valence-electron chi connectivity index (χ4n) is 1.35. The van der Waals surface area contributed by atoms with Gasteiger partial charge in [-0.05, 0) is 51.5 Å². The van der Waals surface area contributed by atoms with Crippen molar-refractivity contribution in [3.05, 3.63) is 29.8 Å². The fraction of sp³-hybridized carbons (Fsp3) is 0.429. The third-order valence-corrected chi connectivity index (χ3v) is 2.89. The largest absolute Gasteiger partial charge is 0.333 e. The molecular weight excluding hydrogens is 228 g/mol. The van der Waals surface area contributed by atoms with Gasteiger partial charge in [-0.25, -0.2) is 4.79 Å². The molecule has 0 saturated carbocycles. The van der Waals surface area contributed by atoms with Gasteiger partial charge in [0.25, 0.3) is 0 Å². The van der Waals surface area contributed by atoms with Crippen molar-refractivity contribution in [2.75, 3.05) is 5.32 Å². The molecule has 0 radical (unpaired) electrons. The minimum Gasteiger partial charge on any atom is -0.333 e. The lowest BCUT2D eigenvalue weighted by Crippen LogP contribution is -2.45. The van der Waals surface area contributed by atoms with E-state index in [0.29, 0.717) is 11.3 Å². The number of hydrogen-bond donors (Lipinski definition) is 2. The van der Waals surface area contributed by atoms with Gasteiger partial charge < -0.3 is 10.6 Å². The smallest absolute Gasteiger partial charge is 0.319 e. The first-order valence-corrected chi connectivity index (χ1v) is 6.04. The van der Waals surface area contributed by atoms with E-state index in [9.17, 15) is 9.59 Å². The van der Waals surface area contributed by atoms with Crippen molar-refractivity contribution >= 4 is 17.5 Å². The molecule has 0 unspecified atom stereocenters. The van der Waals surface area contributed by atoms with Crippen LogP contribution >= 0.6 is 0 Å². The highest BCUT2D eigenvalue weighted by atomic mass is 16.2. The van der Waals surface area contributed by atoms with E-state index in [1.165, 1.54) is 6.92 Å². The molecular formula is C14H20N2O2. The third-order valence-electron chi connectivity index (χ3n) is 2.89. The van der Waals surface area contributed by atoms with Crippen LogP contribution in [0.2, 0.25) is 0 Å². The van der Waals surface area contributed by atoms with Crippen LogP contribution in [0.1, 0.15) is 44.5 Å². The molecule has 2 N–H and O–H groups in total. The number of carbonyl (C=O) groups is 2. The summed E-state index contributed by atoms with van der Waals surface area (Å²) in [6, 6.07) is 6.59. The van der Waals surface area contributed by atoms with Crippen molar-refractivity contribution in [2.45, 2.75) is 39.7 Å². The summed E-state index contributed by atoms with van der Waals surface area (Å²) in [4.78, 5) is 22.8. The Bertz CT molecular complexity index is 436. The van der Waals surface area contributed by atoms with E-state index in [0.717, 1.165) is 6.42 Å². The van der Waals surface area contributed by atoms with E-state index in [1.54, 1.807) is 24.3 Å². The second kappa shape index (κ2) is 5.67. The van der Waals surface area contributed by atoms with Crippen LogP contribution in [0.3, 0.4) is 0 Å². The van der Waals surface area contributed by atoms with Crippen molar-refractivity contribution < 1.29 is 9.59 Å². The third kappa shape index (κ3) is 4.20. The Morgan fingerprint density at radius 2 is 1.72 bits per heavy atom. The molecule has 4 heteroatoms. The highest BCUT2D eigenvalue weighted by molar-refractivity contribution is 5.95. The Kier molecular flexibility index (Phi) is 4.48. The molecule has 0 aliphatic heterocycles. The van der Waals surface area contributed by atoms with Crippen LogP contribution in [0.4, 0.5) is 10.5 Å². The summed E-state index contributed by atoms with van der Waals surface area (Å²) in [6.45, 7) is 7.46. The van der Waals surface area contributed by atoms with Crippen molar-refractivity contribution in [3.8, 4) is 0 Å². The topological polar surface area (TPSA) is 58.2 Å². The molecule has 0 aliphatic rings.